The van der Waals surface area contributed by atoms with E-state index in [1.165, 1.54) is 12.1 Å². The van der Waals surface area contributed by atoms with E-state index in [1.807, 2.05) is 29.2 Å². The fourth-order valence-corrected chi connectivity index (χ4v) is 4.99. The van der Waals surface area contributed by atoms with E-state index in [-0.39, 0.29) is 5.91 Å². The number of fused-ring (bicyclic) bond motifs is 2. The highest BCUT2D eigenvalue weighted by Crippen LogP contribution is 2.33. The molecule has 5 nitrogen and oxygen atoms in total. The summed E-state index contributed by atoms with van der Waals surface area (Å²) in [5.41, 5.74) is 2.71. The van der Waals surface area contributed by atoms with Gasteiger partial charge in [0.05, 0.1) is 24.2 Å². The molecule has 3 aliphatic heterocycles. The first kappa shape index (κ1) is 22.4. The van der Waals surface area contributed by atoms with E-state index in [4.69, 9.17) is 0 Å². The number of halogens is 4. The number of aliphatic imine (C=N–C) groups is 1. The van der Waals surface area contributed by atoms with Crippen LogP contribution in [0.4, 0.5) is 13.2 Å². The van der Waals surface area contributed by atoms with Crippen molar-refractivity contribution in [2.24, 2.45) is 4.99 Å². The van der Waals surface area contributed by atoms with Gasteiger partial charge in [-0.25, -0.2) is 0 Å². The van der Waals surface area contributed by atoms with Gasteiger partial charge in [0.15, 0.2) is 0 Å². The molecule has 0 atom stereocenters. The number of carbonyl (C=O) groups is 1. The van der Waals surface area contributed by atoms with E-state index < -0.39 is 11.7 Å². The number of hydrogen-bond donors (Lipinski definition) is 0. The number of amides is 1. The molecule has 172 valence electrons. The molecule has 0 N–H and O–H groups in total. The molecular weight excluding hydrogens is 544 g/mol. The van der Waals surface area contributed by atoms with E-state index in [0.717, 1.165) is 33.0 Å². The number of alkyl halides is 3. The van der Waals surface area contributed by atoms with Crippen molar-refractivity contribution in [3.05, 3.63) is 80.1 Å². The molecule has 5 rings (SSSR count). The number of hydrogen-bond acceptors (Lipinski definition) is 4. The monoisotopic (exact) mass is 566 g/mol. The van der Waals surface area contributed by atoms with Crippen molar-refractivity contribution in [2.75, 3.05) is 26.2 Å². The Balaban J connectivity index is 1.37. The van der Waals surface area contributed by atoms with Crippen LogP contribution in [0.2, 0.25) is 0 Å². The topological polar surface area (TPSA) is 39.2 Å². The number of nitrogens with zero attached hydrogens (tertiary/aromatic N) is 4. The zero-order chi connectivity index (χ0) is 23.2. The molecule has 0 saturated carbocycles. The Morgan fingerprint density at radius 3 is 2.55 bits per heavy atom. The van der Waals surface area contributed by atoms with E-state index in [0.29, 0.717) is 50.7 Å². The minimum absolute atomic E-state index is 0.0609. The smallest absolute Gasteiger partial charge is 0.314 e. The lowest BCUT2D eigenvalue weighted by molar-refractivity contribution is -0.137. The van der Waals surface area contributed by atoms with Crippen LogP contribution in [0.5, 0.6) is 0 Å². The quantitative estimate of drug-likeness (QED) is 0.513. The highest BCUT2D eigenvalue weighted by Gasteiger charge is 2.41. The first-order chi connectivity index (χ1) is 15.8. The molecule has 0 radical (unpaired) electrons. The molecular formula is C24H22F3IN4O. The second kappa shape index (κ2) is 8.75. The first-order valence-electron chi connectivity index (χ1n) is 10.8. The lowest BCUT2D eigenvalue weighted by atomic mass is 9.99. The second-order valence-electron chi connectivity index (χ2n) is 8.44. The summed E-state index contributed by atoms with van der Waals surface area (Å²) in [6, 6.07) is 13.5. The van der Waals surface area contributed by atoms with Crippen LogP contribution in [0.1, 0.15) is 23.1 Å². The van der Waals surface area contributed by atoms with Crippen LogP contribution in [0.25, 0.3) is 0 Å². The molecule has 0 unspecified atom stereocenters. The summed E-state index contributed by atoms with van der Waals surface area (Å²) in [5.74, 6) is 0.651. The van der Waals surface area contributed by atoms with Gasteiger partial charge in [0.25, 0.3) is 5.91 Å². The summed E-state index contributed by atoms with van der Waals surface area (Å²) >= 11 is 2.25. The molecule has 0 fully saturated rings. The normalized spacial score (nSPS) is 19.0. The Hall–Kier alpha value is -2.40. The predicted molar refractivity (Wildman–Crippen MR) is 127 cm³/mol. The molecule has 2 aromatic carbocycles. The third-order valence-corrected chi connectivity index (χ3v) is 6.92. The van der Waals surface area contributed by atoms with E-state index in [1.54, 1.807) is 11.0 Å². The SMILES string of the molecule is O=C1C2=C(CCN(Cc3cccc(C(F)(F)F)c3)C2)N2CCN=C2N1Cc1ccc(I)cc1. The van der Waals surface area contributed by atoms with Crippen molar-refractivity contribution in [3.63, 3.8) is 0 Å². The van der Waals surface area contributed by atoms with Gasteiger partial charge in [-0.15, -0.1) is 0 Å². The van der Waals surface area contributed by atoms with Crippen molar-refractivity contribution >= 4 is 34.5 Å². The minimum atomic E-state index is -4.37. The van der Waals surface area contributed by atoms with Crippen molar-refractivity contribution in [2.45, 2.75) is 25.7 Å². The number of carbonyl (C=O) groups excluding carboxylic acids is 1. The number of rotatable bonds is 4. The van der Waals surface area contributed by atoms with Crippen LogP contribution < -0.4 is 0 Å². The standard InChI is InChI=1S/C24H22F3IN4O/c25-24(26,27)18-3-1-2-17(12-18)13-30-10-8-21-20(15-30)22(33)32(23-29-9-11-31(21)23)14-16-4-6-19(28)7-5-16/h1-7,12H,8-11,13-15H2. The lowest BCUT2D eigenvalue weighted by Crippen LogP contribution is -2.53. The summed E-state index contributed by atoms with van der Waals surface area (Å²) < 4.78 is 40.4. The van der Waals surface area contributed by atoms with Gasteiger partial charge in [0.2, 0.25) is 5.96 Å². The van der Waals surface area contributed by atoms with Crippen LogP contribution in [-0.4, -0.2) is 52.7 Å². The maximum atomic E-state index is 13.5. The van der Waals surface area contributed by atoms with Gasteiger partial charge >= 0.3 is 6.18 Å². The minimum Gasteiger partial charge on any atom is -0.314 e. The van der Waals surface area contributed by atoms with Gasteiger partial charge in [-0.05, 0) is 51.9 Å². The Kier molecular flexibility index (Phi) is 5.94. The summed E-state index contributed by atoms with van der Waals surface area (Å²) in [6.45, 7) is 3.30. The average molecular weight is 566 g/mol. The molecule has 0 spiro atoms. The maximum absolute atomic E-state index is 13.5. The lowest BCUT2D eigenvalue weighted by Gasteiger charge is -2.42. The van der Waals surface area contributed by atoms with Crippen molar-refractivity contribution in [3.8, 4) is 0 Å². The Labute approximate surface area is 203 Å². The summed E-state index contributed by atoms with van der Waals surface area (Å²) in [6.07, 6.45) is -3.69. The van der Waals surface area contributed by atoms with E-state index in [2.05, 4.69) is 32.5 Å². The zero-order valence-corrected chi connectivity index (χ0v) is 19.9. The molecule has 3 aliphatic rings. The van der Waals surface area contributed by atoms with Crippen molar-refractivity contribution in [1.29, 1.82) is 0 Å². The van der Waals surface area contributed by atoms with Gasteiger partial charge in [-0.2, -0.15) is 13.2 Å². The summed E-state index contributed by atoms with van der Waals surface area (Å²) in [7, 11) is 0. The highest BCUT2D eigenvalue weighted by atomic mass is 127. The molecule has 0 aromatic heterocycles. The van der Waals surface area contributed by atoms with Crippen LogP contribution >= 0.6 is 22.6 Å². The van der Waals surface area contributed by atoms with Crippen LogP contribution in [-0.2, 0) is 24.1 Å². The summed E-state index contributed by atoms with van der Waals surface area (Å²) in [5, 5.41) is 0. The van der Waals surface area contributed by atoms with Crippen LogP contribution in [0.15, 0.2) is 64.8 Å². The molecule has 2 aromatic rings. The molecule has 9 heteroatoms. The fraction of sp³-hybridized carbons (Fsp3) is 0.333. The molecule has 0 bridgehead atoms. The molecule has 0 aliphatic carbocycles. The average Bonchev–Trinajstić information content (AvgIpc) is 3.27. The van der Waals surface area contributed by atoms with Gasteiger partial charge in [0.1, 0.15) is 0 Å². The van der Waals surface area contributed by atoms with Crippen molar-refractivity contribution in [1.82, 2.24) is 14.7 Å². The van der Waals surface area contributed by atoms with Gasteiger partial charge in [-0.1, -0.05) is 30.3 Å². The Morgan fingerprint density at radius 2 is 1.79 bits per heavy atom. The van der Waals surface area contributed by atoms with Gasteiger partial charge in [-0.3, -0.25) is 19.6 Å². The second-order valence-corrected chi connectivity index (χ2v) is 9.68. The van der Waals surface area contributed by atoms with Crippen LogP contribution in [0, 0.1) is 3.57 Å². The van der Waals surface area contributed by atoms with Gasteiger partial charge in [0, 0.05) is 41.9 Å². The third kappa shape index (κ3) is 4.52. The molecule has 0 saturated heterocycles. The fourth-order valence-electron chi connectivity index (χ4n) is 4.63. The third-order valence-electron chi connectivity index (χ3n) is 6.20. The largest absolute Gasteiger partial charge is 0.416 e. The number of benzene rings is 2. The highest BCUT2D eigenvalue weighted by molar-refractivity contribution is 14.1. The molecule has 1 amide bonds. The van der Waals surface area contributed by atoms with Crippen molar-refractivity contribution < 1.29 is 18.0 Å². The Bertz CT molecular complexity index is 1140. The number of guanidine groups is 1. The van der Waals surface area contributed by atoms with Crippen LogP contribution in [0.3, 0.4) is 0 Å². The molecule has 3 heterocycles. The molecule has 33 heavy (non-hydrogen) atoms. The Morgan fingerprint density at radius 1 is 1.00 bits per heavy atom. The first-order valence-corrected chi connectivity index (χ1v) is 11.9. The van der Waals surface area contributed by atoms with Gasteiger partial charge < -0.3 is 4.90 Å². The van der Waals surface area contributed by atoms with E-state index in [9.17, 15) is 18.0 Å². The predicted octanol–water partition coefficient (Wildman–Crippen LogP) is 4.48. The maximum Gasteiger partial charge on any atom is 0.416 e. The zero-order valence-electron chi connectivity index (χ0n) is 17.8. The van der Waals surface area contributed by atoms with E-state index >= 15 is 0 Å². The summed E-state index contributed by atoms with van der Waals surface area (Å²) in [4.78, 5) is 24.1.